The fourth-order valence-corrected chi connectivity index (χ4v) is 5.04. The second-order valence-electron chi connectivity index (χ2n) is 9.41. The first-order chi connectivity index (χ1) is 18.4. The van der Waals surface area contributed by atoms with Crippen molar-refractivity contribution in [3.05, 3.63) is 94.0 Å². The Morgan fingerprint density at radius 2 is 1.61 bits per heavy atom. The van der Waals surface area contributed by atoms with Gasteiger partial charge in [0.15, 0.2) is 18.1 Å². The molecule has 1 aliphatic rings. The number of hydrogen-bond donors (Lipinski definition) is 1. The highest BCUT2D eigenvalue weighted by atomic mass is 35.5. The van der Waals surface area contributed by atoms with Crippen molar-refractivity contribution < 1.29 is 19.1 Å². The van der Waals surface area contributed by atoms with Crippen LogP contribution in [0, 0.1) is 0 Å². The van der Waals surface area contributed by atoms with Gasteiger partial charge in [0, 0.05) is 19.0 Å². The first kappa shape index (κ1) is 27.8. The largest absolute Gasteiger partial charge is 0.493 e. The number of hydrogen-bond acceptors (Lipinski definition) is 4. The van der Waals surface area contributed by atoms with Gasteiger partial charge in [-0.2, -0.15) is 0 Å². The van der Waals surface area contributed by atoms with Gasteiger partial charge in [0.2, 0.25) is 5.91 Å². The molecule has 4 rings (SSSR count). The van der Waals surface area contributed by atoms with E-state index in [1.54, 1.807) is 36.3 Å². The highest BCUT2D eigenvalue weighted by Crippen LogP contribution is 2.27. The highest BCUT2D eigenvalue weighted by molar-refractivity contribution is 6.42. The van der Waals surface area contributed by atoms with Crippen molar-refractivity contribution in [3.63, 3.8) is 0 Å². The minimum absolute atomic E-state index is 0.118. The molecule has 38 heavy (non-hydrogen) atoms. The molecule has 3 aromatic rings. The van der Waals surface area contributed by atoms with Crippen LogP contribution in [-0.4, -0.2) is 42.5 Å². The van der Waals surface area contributed by atoms with E-state index in [1.807, 2.05) is 48.5 Å². The molecule has 2 amide bonds. The summed E-state index contributed by atoms with van der Waals surface area (Å²) in [5.74, 6) is 0.472. The van der Waals surface area contributed by atoms with Crippen LogP contribution in [0.15, 0.2) is 72.8 Å². The molecule has 200 valence electrons. The van der Waals surface area contributed by atoms with Crippen LogP contribution in [0.4, 0.5) is 0 Å². The number of halogens is 2. The maximum atomic E-state index is 13.8. The number of rotatable bonds is 11. The van der Waals surface area contributed by atoms with Gasteiger partial charge in [0.05, 0.1) is 17.2 Å². The van der Waals surface area contributed by atoms with Crippen molar-refractivity contribution in [2.75, 3.05) is 13.7 Å². The Hall–Kier alpha value is -3.22. The van der Waals surface area contributed by atoms with E-state index in [2.05, 4.69) is 5.32 Å². The van der Waals surface area contributed by atoms with Crippen molar-refractivity contribution in [2.24, 2.45) is 0 Å². The second-order valence-corrected chi connectivity index (χ2v) is 10.2. The summed E-state index contributed by atoms with van der Waals surface area (Å²) in [4.78, 5) is 29.1. The van der Waals surface area contributed by atoms with Crippen LogP contribution >= 0.6 is 23.2 Å². The van der Waals surface area contributed by atoms with Gasteiger partial charge in [-0.1, -0.05) is 84.6 Å². The summed E-state index contributed by atoms with van der Waals surface area (Å²) in [6.45, 7) is -0.0930. The van der Waals surface area contributed by atoms with Crippen LogP contribution in [0.5, 0.6) is 11.5 Å². The lowest BCUT2D eigenvalue weighted by molar-refractivity contribution is -0.143. The molecule has 1 N–H and O–H groups in total. The van der Waals surface area contributed by atoms with E-state index in [-0.39, 0.29) is 31.0 Å². The van der Waals surface area contributed by atoms with Gasteiger partial charge in [-0.3, -0.25) is 9.59 Å². The van der Waals surface area contributed by atoms with Gasteiger partial charge in [-0.25, -0.2) is 0 Å². The van der Waals surface area contributed by atoms with Crippen LogP contribution < -0.4 is 14.8 Å². The predicted octanol–water partition coefficient (Wildman–Crippen LogP) is 6.08. The maximum Gasteiger partial charge on any atom is 0.261 e. The van der Waals surface area contributed by atoms with E-state index >= 15 is 0 Å². The first-order valence-electron chi connectivity index (χ1n) is 12.8. The third-order valence-corrected chi connectivity index (χ3v) is 7.47. The summed E-state index contributed by atoms with van der Waals surface area (Å²) in [5, 5.41) is 4.00. The van der Waals surface area contributed by atoms with Crippen LogP contribution in [0.1, 0.15) is 36.8 Å². The van der Waals surface area contributed by atoms with E-state index < -0.39 is 6.04 Å². The van der Waals surface area contributed by atoms with Gasteiger partial charge in [-0.05, 0) is 48.2 Å². The van der Waals surface area contributed by atoms with Gasteiger partial charge in [0.25, 0.3) is 5.91 Å². The first-order valence-corrected chi connectivity index (χ1v) is 13.5. The zero-order chi connectivity index (χ0) is 26.9. The number of amides is 2. The molecular formula is C30H32Cl2N2O4. The van der Waals surface area contributed by atoms with Crippen LogP contribution in [0.3, 0.4) is 0 Å². The van der Waals surface area contributed by atoms with E-state index in [1.165, 1.54) is 0 Å². The Kier molecular flexibility index (Phi) is 9.91. The summed E-state index contributed by atoms with van der Waals surface area (Å²) >= 11 is 12.4. The molecule has 0 saturated heterocycles. The molecule has 1 fully saturated rings. The highest BCUT2D eigenvalue weighted by Gasteiger charge is 2.32. The van der Waals surface area contributed by atoms with Gasteiger partial charge < -0.3 is 19.7 Å². The summed E-state index contributed by atoms with van der Waals surface area (Å²) < 4.78 is 11.2. The van der Waals surface area contributed by atoms with Gasteiger partial charge in [-0.15, -0.1) is 0 Å². The number of carbonyl (C=O) groups excluding carboxylic acids is 2. The van der Waals surface area contributed by atoms with E-state index in [4.69, 9.17) is 32.7 Å². The molecule has 1 saturated carbocycles. The number of ether oxygens (including phenoxy) is 2. The number of carbonyl (C=O) groups is 2. The Morgan fingerprint density at radius 3 is 2.29 bits per heavy atom. The van der Waals surface area contributed by atoms with Crippen molar-refractivity contribution in [3.8, 4) is 11.5 Å². The smallest absolute Gasteiger partial charge is 0.261 e. The summed E-state index contributed by atoms with van der Waals surface area (Å²) in [5.41, 5.74) is 1.72. The number of nitrogens with one attached hydrogen (secondary N) is 1. The van der Waals surface area contributed by atoms with Crippen LogP contribution in [0.25, 0.3) is 0 Å². The Morgan fingerprint density at radius 1 is 0.921 bits per heavy atom. The van der Waals surface area contributed by atoms with Crippen LogP contribution in [-0.2, 0) is 22.6 Å². The standard InChI is InChI=1S/C30H32Cl2N2O4/c1-37-27-13-7-8-14-28(27)38-20-29(35)34(19-22-15-16-24(31)25(32)17-22)26(18-21-9-3-2-4-10-21)30(36)33-23-11-5-6-12-23/h2-4,7-10,13-17,23,26H,5-6,11-12,18-20H2,1H3,(H,33,36)/t26-/m0/s1. The molecule has 0 aliphatic heterocycles. The Labute approximate surface area is 233 Å². The fraction of sp³-hybridized carbons (Fsp3) is 0.333. The van der Waals surface area contributed by atoms with Crippen molar-refractivity contribution >= 4 is 35.0 Å². The summed E-state index contributed by atoms with van der Waals surface area (Å²) in [7, 11) is 1.55. The molecule has 0 heterocycles. The molecule has 1 aliphatic carbocycles. The summed E-state index contributed by atoms with van der Waals surface area (Å²) in [6, 6.07) is 21.4. The Bertz CT molecular complexity index is 1230. The monoisotopic (exact) mass is 554 g/mol. The Balaban J connectivity index is 1.63. The third-order valence-electron chi connectivity index (χ3n) is 6.73. The molecule has 3 aromatic carbocycles. The average molecular weight is 556 g/mol. The zero-order valence-corrected chi connectivity index (χ0v) is 22.9. The molecular weight excluding hydrogens is 523 g/mol. The SMILES string of the molecule is COc1ccccc1OCC(=O)N(Cc1ccc(Cl)c(Cl)c1)[C@@H](Cc1ccccc1)C(=O)NC1CCCC1. The van der Waals surface area contributed by atoms with E-state index in [9.17, 15) is 9.59 Å². The molecule has 0 bridgehead atoms. The topological polar surface area (TPSA) is 67.9 Å². The summed E-state index contributed by atoms with van der Waals surface area (Å²) in [6.07, 6.45) is 4.43. The van der Waals surface area contributed by atoms with Crippen LogP contribution in [0.2, 0.25) is 10.0 Å². The lowest BCUT2D eigenvalue weighted by Crippen LogP contribution is -2.53. The molecule has 0 radical (unpaired) electrons. The fourth-order valence-electron chi connectivity index (χ4n) is 4.72. The maximum absolute atomic E-state index is 13.8. The minimum Gasteiger partial charge on any atom is -0.493 e. The van der Waals surface area contributed by atoms with Gasteiger partial charge in [0.1, 0.15) is 6.04 Å². The van der Waals surface area contributed by atoms with Crippen molar-refractivity contribution in [2.45, 2.75) is 50.7 Å². The van der Waals surface area contributed by atoms with Gasteiger partial charge >= 0.3 is 0 Å². The third kappa shape index (κ3) is 7.42. The molecule has 0 aromatic heterocycles. The molecule has 0 spiro atoms. The normalized spacial score (nSPS) is 14.1. The lowest BCUT2D eigenvalue weighted by Gasteiger charge is -2.32. The molecule has 1 atom stereocenters. The average Bonchev–Trinajstić information content (AvgIpc) is 3.45. The number of benzene rings is 3. The minimum atomic E-state index is -0.749. The number of para-hydroxylation sites is 2. The van der Waals surface area contributed by atoms with Crippen molar-refractivity contribution in [1.82, 2.24) is 10.2 Å². The number of methoxy groups -OCH3 is 1. The second kappa shape index (κ2) is 13.5. The lowest BCUT2D eigenvalue weighted by atomic mass is 10.0. The molecule has 8 heteroatoms. The predicted molar refractivity (Wildman–Crippen MR) is 150 cm³/mol. The number of nitrogens with zero attached hydrogens (tertiary/aromatic N) is 1. The molecule has 6 nitrogen and oxygen atoms in total. The van der Waals surface area contributed by atoms with E-state index in [0.29, 0.717) is 28.0 Å². The molecule has 0 unspecified atom stereocenters. The van der Waals surface area contributed by atoms with E-state index in [0.717, 1.165) is 36.8 Å². The van der Waals surface area contributed by atoms with Crippen molar-refractivity contribution in [1.29, 1.82) is 0 Å². The quantitative estimate of drug-likeness (QED) is 0.312. The zero-order valence-electron chi connectivity index (χ0n) is 21.4.